The topological polar surface area (TPSA) is 68.5 Å². The molecule has 2 aromatic carbocycles. The Hall–Kier alpha value is -3.15. The summed E-state index contributed by atoms with van der Waals surface area (Å²) in [5, 5.41) is 4.11. The molecule has 0 bridgehead atoms. The first-order chi connectivity index (χ1) is 13.2. The second kappa shape index (κ2) is 7.23. The molecule has 138 valence electrons. The molecule has 6 heteroatoms. The minimum Gasteiger partial charge on any atom is -0.497 e. The Bertz CT molecular complexity index is 949. The van der Waals surface area contributed by atoms with Crippen LogP contribution in [0.25, 0.3) is 11.5 Å². The van der Waals surface area contributed by atoms with Crippen molar-refractivity contribution in [3.05, 3.63) is 59.9 Å². The lowest BCUT2D eigenvalue weighted by molar-refractivity contribution is -0.117. The number of amides is 1. The lowest BCUT2D eigenvalue weighted by Gasteiger charge is -2.16. The highest BCUT2D eigenvalue weighted by atomic mass is 16.5. The van der Waals surface area contributed by atoms with Gasteiger partial charge in [0.25, 0.3) is 5.89 Å². The van der Waals surface area contributed by atoms with Gasteiger partial charge in [0.05, 0.1) is 7.11 Å². The molecule has 0 unspecified atom stereocenters. The number of nitrogens with zero attached hydrogens (tertiary/aromatic N) is 3. The van der Waals surface area contributed by atoms with E-state index in [1.807, 2.05) is 36.4 Å². The first-order valence-electron chi connectivity index (χ1n) is 9.05. The highest BCUT2D eigenvalue weighted by molar-refractivity contribution is 5.96. The highest BCUT2D eigenvalue weighted by Gasteiger charge is 2.34. The number of aromatic nitrogens is 2. The van der Waals surface area contributed by atoms with Crippen LogP contribution in [0.15, 0.2) is 53.1 Å². The molecule has 1 amide bonds. The number of carbonyl (C=O) groups is 1. The molecule has 1 fully saturated rings. The van der Waals surface area contributed by atoms with E-state index in [4.69, 9.17) is 9.26 Å². The number of benzene rings is 2. The SMILES string of the molecule is CCc1ccc(N2C[C@H](c3noc(-c4cccc(OC)c4)n3)CC2=O)cc1. The molecule has 1 saturated heterocycles. The molecular formula is C21H21N3O3. The Morgan fingerprint density at radius 2 is 2.04 bits per heavy atom. The molecule has 1 aliphatic heterocycles. The number of carbonyl (C=O) groups excluding carboxylic acids is 1. The minimum atomic E-state index is -0.0774. The normalized spacial score (nSPS) is 16.7. The van der Waals surface area contributed by atoms with Gasteiger partial charge in [-0.1, -0.05) is 30.3 Å². The van der Waals surface area contributed by atoms with Crippen molar-refractivity contribution in [3.8, 4) is 17.2 Å². The molecule has 0 spiro atoms. The molecular weight excluding hydrogens is 342 g/mol. The molecule has 4 rings (SSSR count). The summed E-state index contributed by atoms with van der Waals surface area (Å²) in [7, 11) is 1.62. The van der Waals surface area contributed by atoms with Gasteiger partial charge in [0.2, 0.25) is 5.91 Å². The third-order valence-electron chi connectivity index (χ3n) is 4.90. The number of ether oxygens (including phenoxy) is 1. The van der Waals surface area contributed by atoms with E-state index in [1.54, 1.807) is 12.0 Å². The quantitative estimate of drug-likeness (QED) is 0.689. The monoisotopic (exact) mass is 363 g/mol. The van der Waals surface area contributed by atoms with E-state index < -0.39 is 0 Å². The van der Waals surface area contributed by atoms with Gasteiger partial charge in [-0.2, -0.15) is 4.98 Å². The van der Waals surface area contributed by atoms with Crippen molar-refractivity contribution in [2.75, 3.05) is 18.6 Å². The van der Waals surface area contributed by atoms with Crippen molar-refractivity contribution in [1.82, 2.24) is 10.1 Å². The summed E-state index contributed by atoms with van der Waals surface area (Å²) in [5.41, 5.74) is 2.96. The molecule has 0 N–H and O–H groups in total. The Morgan fingerprint density at radius 1 is 1.22 bits per heavy atom. The van der Waals surface area contributed by atoms with E-state index in [1.165, 1.54) is 5.56 Å². The second-order valence-corrected chi connectivity index (χ2v) is 6.62. The van der Waals surface area contributed by atoms with E-state index in [-0.39, 0.29) is 11.8 Å². The zero-order valence-electron chi connectivity index (χ0n) is 15.4. The van der Waals surface area contributed by atoms with Crippen LogP contribution < -0.4 is 9.64 Å². The summed E-state index contributed by atoms with van der Waals surface area (Å²) in [5.74, 6) is 1.73. The highest BCUT2D eigenvalue weighted by Crippen LogP contribution is 2.32. The fourth-order valence-corrected chi connectivity index (χ4v) is 3.32. The van der Waals surface area contributed by atoms with Crippen molar-refractivity contribution in [3.63, 3.8) is 0 Å². The van der Waals surface area contributed by atoms with E-state index in [0.29, 0.717) is 24.7 Å². The first-order valence-corrected chi connectivity index (χ1v) is 9.05. The van der Waals surface area contributed by atoms with Crippen LogP contribution in [0.4, 0.5) is 5.69 Å². The van der Waals surface area contributed by atoms with Crippen molar-refractivity contribution in [2.45, 2.75) is 25.7 Å². The molecule has 6 nitrogen and oxygen atoms in total. The number of methoxy groups -OCH3 is 1. The van der Waals surface area contributed by atoms with E-state index in [2.05, 4.69) is 29.2 Å². The average Bonchev–Trinajstić information content (AvgIpc) is 3.35. The number of hydrogen-bond acceptors (Lipinski definition) is 5. The molecule has 1 atom stereocenters. The van der Waals surface area contributed by atoms with Crippen molar-refractivity contribution < 1.29 is 14.1 Å². The van der Waals surface area contributed by atoms with Crippen molar-refractivity contribution in [2.24, 2.45) is 0 Å². The Balaban J connectivity index is 1.53. The van der Waals surface area contributed by atoms with Crippen LogP contribution in [0.5, 0.6) is 5.75 Å². The van der Waals surface area contributed by atoms with Crippen LogP contribution in [-0.4, -0.2) is 29.7 Å². The van der Waals surface area contributed by atoms with Gasteiger partial charge >= 0.3 is 0 Å². The Morgan fingerprint density at radius 3 is 2.78 bits per heavy atom. The fraction of sp³-hybridized carbons (Fsp3) is 0.286. The van der Waals surface area contributed by atoms with E-state index >= 15 is 0 Å². The lowest BCUT2D eigenvalue weighted by Crippen LogP contribution is -2.24. The summed E-state index contributed by atoms with van der Waals surface area (Å²) in [6.45, 7) is 2.67. The van der Waals surface area contributed by atoms with E-state index in [0.717, 1.165) is 23.4 Å². The van der Waals surface area contributed by atoms with Gasteiger partial charge in [0.15, 0.2) is 5.82 Å². The maximum absolute atomic E-state index is 12.5. The summed E-state index contributed by atoms with van der Waals surface area (Å²) >= 11 is 0. The molecule has 3 aromatic rings. The van der Waals surface area contributed by atoms with Gasteiger partial charge in [-0.3, -0.25) is 4.79 Å². The average molecular weight is 363 g/mol. The summed E-state index contributed by atoms with van der Waals surface area (Å²) in [4.78, 5) is 18.8. The third kappa shape index (κ3) is 3.43. The Labute approximate surface area is 157 Å². The van der Waals surface area contributed by atoms with Gasteiger partial charge < -0.3 is 14.2 Å². The first kappa shape index (κ1) is 17.3. The predicted molar refractivity (Wildman–Crippen MR) is 102 cm³/mol. The van der Waals surface area contributed by atoms with Crippen LogP contribution in [0.3, 0.4) is 0 Å². The lowest BCUT2D eigenvalue weighted by atomic mass is 10.1. The molecule has 0 aliphatic carbocycles. The number of rotatable bonds is 5. The van der Waals surface area contributed by atoms with Crippen molar-refractivity contribution in [1.29, 1.82) is 0 Å². The molecule has 2 heterocycles. The summed E-state index contributed by atoms with van der Waals surface area (Å²) < 4.78 is 10.7. The molecule has 0 saturated carbocycles. The number of hydrogen-bond donors (Lipinski definition) is 0. The predicted octanol–water partition coefficient (Wildman–Crippen LogP) is 3.83. The molecule has 1 aliphatic rings. The van der Waals surface area contributed by atoms with Crippen LogP contribution in [0, 0.1) is 0 Å². The van der Waals surface area contributed by atoms with Crippen LogP contribution >= 0.6 is 0 Å². The number of anilines is 1. The Kier molecular flexibility index (Phi) is 4.62. The van der Waals surface area contributed by atoms with Gasteiger partial charge in [0.1, 0.15) is 5.75 Å². The van der Waals surface area contributed by atoms with Crippen LogP contribution in [0.1, 0.15) is 30.7 Å². The summed E-state index contributed by atoms with van der Waals surface area (Å²) in [6.07, 6.45) is 1.36. The maximum Gasteiger partial charge on any atom is 0.258 e. The third-order valence-corrected chi connectivity index (χ3v) is 4.90. The zero-order chi connectivity index (χ0) is 18.8. The zero-order valence-corrected chi connectivity index (χ0v) is 15.4. The van der Waals surface area contributed by atoms with Crippen LogP contribution in [-0.2, 0) is 11.2 Å². The van der Waals surface area contributed by atoms with Gasteiger partial charge in [-0.15, -0.1) is 0 Å². The number of aryl methyl sites for hydroxylation is 1. The minimum absolute atomic E-state index is 0.0774. The van der Waals surface area contributed by atoms with E-state index in [9.17, 15) is 4.79 Å². The molecule has 1 aromatic heterocycles. The molecule has 0 radical (unpaired) electrons. The van der Waals surface area contributed by atoms with Gasteiger partial charge in [0, 0.05) is 30.1 Å². The standard InChI is InChI=1S/C21H21N3O3/c1-3-14-7-9-17(10-8-14)24-13-16(12-19(24)25)20-22-21(27-23-20)15-5-4-6-18(11-15)26-2/h4-11,16H,3,12-13H2,1-2H3/t16-/m1/s1. The fourth-order valence-electron chi connectivity index (χ4n) is 3.32. The largest absolute Gasteiger partial charge is 0.497 e. The van der Waals surface area contributed by atoms with Gasteiger partial charge in [-0.05, 0) is 42.3 Å². The second-order valence-electron chi connectivity index (χ2n) is 6.62. The maximum atomic E-state index is 12.5. The van der Waals surface area contributed by atoms with Gasteiger partial charge in [-0.25, -0.2) is 0 Å². The van der Waals surface area contributed by atoms with Crippen LogP contribution in [0.2, 0.25) is 0 Å². The molecule has 27 heavy (non-hydrogen) atoms. The van der Waals surface area contributed by atoms with Crippen molar-refractivity contribution >= 4 is 11.6 Å². The smallest absolute Gasteiger partial charge is 0.258 e. The summed E-state index contributed by atoms with van der Waals surface area (Å²) in [6, 6.07) is 15.6.